The van der Waals surface area contributed by atoms with E-state index >= 15 is 0 Å². The molecule has 0 heterocycles. The van der Waals surface area contributed by atoms with Crippen LogP contribution in [0.1, 0.15) is 71.1 Å². The average molecular weight is 292 g/mol. The van der Waals surface area contributed by atoms with E-state index in [0.29, 0.717) is 12.2 Å². The zero-order valence-corrected chi connectivity index (χ0v) is 13.1. The van der Waals surface area contributed by atoms with Gasteiger partial charge in [-0.2, -0.15) is 0 Å². The normalized spacial score (nSPS) is 10.5. The maximum atomic E-state index is 11.6. The van der Waals surface area contributed by atoms with E-state index in [9.17, 15) is 9.90 Å². The Morgan fingerprint density at radius 1 is 1.00 bits per heavy atom. The first-order valence-corrected chi connectivity index (χ1v) is 8.22. The summed E-state index contributed by atoms with van der Waals surface area (Å²) < 4.78 is 5.17. The van der Waals surface area contributed by atoms with Crippen molar-refractivity contribution in [1.29, 1.82) is 0 Å². The lowest BCUT2D eigenvalue weighted by Gasteiger charge is -2.05. The van der Waals surface area contributed by atoms with Crippen molar-refractivity contribution < 1.29 is 14.6 Å². The van der Waals surface area contributed by atoms with Gasteiger partial charge in [-0.1, -0.05) is 64.4 Å². The van der Waals surface area contributed by atoms with Gasteiger partial charge in [0.15, 0.2) is 0 Å². The fraction of sp³-hybridized carbons (Fsp3) is 0.611. The van der Waals surface area contributed by atoms with Crippen LogP contribution in [0.3, 0.4) is 0 Å². The first kappa shape index (κ1) is 17.5. The van der Waals surface area contributed by atoms with Crippen molar-refractivity contribution in [3.8, 4) is 11.5 Å². The smallest absolute Gasteiger partial charge is 0.311 e. The summed E-state index contributed by atoms with van der Waals surface area (Å²) in [6, 6.07) is 6.34. The molecule has 3 heteroatoms. The molecule has 0 fully saturated rings. The highest BCUT2D eigenvalue weighted by atomic mass is 16.5. The number of benzene rings is 1. The Morgan fingerprint density at radius 3 is 2.24 bits per heavy atom. The molecule has 0 saturated carbocycles. The van der Waals surface area contributed by atoms with Crippen LogP contribution in [0.15, 0.2) is 24.3 Å². The molecule has 1 N–H and O–H groups in total. The van der Waals surface area contributed by atoms with E-state index < -0.39 is 0 Å². The molecule has 0 unspecified atom stereocenters. The molecular formula is C18H28O3. The third kappa shape index (κ3) is 9.11. The van der Waals surface area contributed by atoms with Crippen LogP contribution in [0.5, 0.6) is 11.5 Å². The van der Waals surface area contributed by atoms with Crippen LogP contribution in [0.25, 0.3) is 0 Å². The second kappa shape index (κ2) is 11.2. The fourth-order valence-electron chi connectivity index (χ4n) is 2.31. The van der Waals surface area contributed by atoms with Crippen LogP contribution in [0.4, 0.5) is 0 Å². The van der Waals surface area contributed by atoms with Crippen molar-refractivity contribution >= 4 is 5.97 Å². The van der Waals surface area contributed by atoms with Gasteiger partial charge in [-0.3, -0.25) is 4.79 Å². The Hall–Kier alpha value is -1.51. The van der Waals surface area contributed by atoms with Crippen molar-refractivity contribution in [3.05, 3.63) is 24.3 Å². The molecule has 0 bridgehead atoms. The predicted molar refractivity (Wildman–Crippen MR) is 85.6 cm³/mol. The number of hydrogen-bond donors (Lipinski definition) is 1. The highest BCUT2D eigenvalue weighted by Crippen LogP contribution is 2.18. The van der Waals surface area contributed by atoms with Gasteiger partial charge in [0.2, 0.25) is 0 Å². The molecular weight excluding hydrogens is 264 g/mol. The summed E-state index contributed by atoms with van der Waals surface area (Å²) in [6.07, 6.45) is 11.5. The summed E-state index contributed by atoms with van der Waals surface area (Å²) in [5, 5.41) is 9.29. The highest BCUT2D eigenvalue weighted by Gasteiger charge is 2.05. The number of carbonyl (C=O) groups is 1. The first-order valence-electron chi connectivity index (χ1n) is 8.22. The van der Waals surface area contributed by atoms with Crippen molar-refractivity contribution in [2.75, 3.05) is 0 Å². The lowest BCUT2D eigenvalue weighted by Crippen LogP contribution is -2.07. The molecule has 21 heavy (non-hydrogen) atoms. The molecule has 0 saturated heterocycles. The largest absolute Gasteiger partial charge is 0.508 e. The van der Waals surface area contributed by atoms with Gasteiger partial charge in [0, 0.05) is 12.5 Å². The molecule has 0 atom stereocenters. The zero-order chi connectivity index (χ0) is 15.3. The molecule has 0 amide bonds. The topological polar surface area (TPSA) is 46.5 Å². The minimum absolute atomic E-state index is 0.114. The average Bonchev–Trinajstić information content (AvgIpc) is 2.45. The van der Waals surface area contributed by atoms with E-state index in [2.05, 4.69) is 6.92 Å². The van der Waals surface area contributed by atoms with Gasteiger partial charge in [0.1, 0.15) is 11.5 Å². The molecule has 0 aliphatic heterocycles. The Balaban J connectivity index is 1.99. The van der Waals surface area contributed by atoms with E-state index in [-0.39, 0.29) is 11.7 Å². The Kier molecular flexibility index (Phi) is 9.34. The second-order valence-electron chi connectivity index (χ2n) is 5.55. The van der Waals surface area contributed by atoms with Gasteiger partial charge in [-0.25, -0.2) is 0 Å². The third-order valence-electron chi connectivity index (χ3n) is 3.53. The number of hydrogen-bond acceptors (Lipinski definition) is 3. The Morgan fingerprint density at radius 2 is 1.62 bits per heavy atom. The molecule has 1 aromatic carbocycles. The summed E-state index contributed by atoms with van der Waals surface area (Å²) in [5.41, 5.74) is 0. The number of esters is 1. The van der Waals surface area contributed by atoms with Crippen molar-refractivity contribution in [2.45, 2.75) is 71.1 Å². The van der Waals surface area contributed by atoms with Gasteiger partial charge in [-0.15, -0.1) is 0 Å². The maximum absolute atomic E-state index is 11.6. The van der Waals surface area contributed by atoms with Crippen molar-refractivity contribution in [3.63, 3.8) is 0 Å². The van der Waals surface area contributed by atoms with E-state index in [1.54, 1.807) is 18.2 Å². The molecule has 0 spiro atoms. The predicted octanol–water partition coefficient (Wildman–Crippen LogP) is 5.22. The van der Waals surface area contributed by atoms with Gasteiger partial charge in [0.05, 0.1) is 0 Å². The minimum atomic E-state index is -0.219. The molecule has 1 aromatic rings. The number of rotatable bonds is 11. The van der Waals surface area contributed by atoms with E-state index in [1.807, 2.05) is 0 Å². The van der Waals surface area contributed by atoms with E-state index in [1.165, 1.54) is 51.0 Å². The van der Waals surface area contributed by atoms with Gasteiger partial charge >= 0.3 is 5.97 Å². The number of phenols is 1. The summed E-state index contributed by atoms with van der Waals surface area (Å²) in [7, 11) is 0. The fourth-order valence-corrected chi connectivity index (χ4v) is 2.31. The van der Waals surface area contributed by atoms with Crippen LogP contribution in [-0.4, -0.2) is 11.1 Å². The van der Waals surface area contributed by atoms with Crippen LogP contribution in [0.2, 0.25) is 0 Å². The lowest BCUT2D eigenvalue weighted by atomic mass is 10.1. The third-order valence-corrected chi connectivity index (χ3v) is 3.53. The highest BCUT2D eigenvalue weighted by molar-refractivity contribution is 5.72. The standard InChI is InChI=1S/C18H28O3/c1-2-3-4-5-6-7-8-9-10-14-18(20)21-17-13-11-12-16(19)15-17/h11-13,15,19H,2-10,14H2,1H3. The van der Waals surface area contributed by atoms with Gasteiger partial charge < -0.3 is 9.84 Å². The Labute approximate surface area is 128 Å². The second-order valence-corrected chi connectivity index (χ2v) is 5.55. The Bertz CT molecular complexity index is 401. The SMILES string of the molecule is CCCCCCCCCCCC(=O)Oc1cccc(O)c1. The molecule has 118 valence electrons. The van der Waals surface area contributed by atoms with E-state index in [0.717, 1.165) is 12.8 Å². The summed E-state index contributed by atoms with van der Waals surface area (Å²) >= 11 is 0. The molecule has 0 aliphatic rings. The van der Waals surface area contributed by atoms with Crippen LogP contribution < -0.4 is 4.74 Å². The first-order chi connectivity index (χ1) is 10.2. The monoisotopic (exact) mass is 292 g/mol. The van der Waals surface area contributed by atoms with E-state index in [4.69, 9.17) is 4.74 Å². The number of phenolic OH excluding ortho intramolecular Hbond substituents is 1. The molecule has 0 radical (unpaired) electrons. The molecule has 1 rings (SSSR count). The molecule has 3 nitrogen and oxygen atoms in total. The van der Waals surface area contributed by atoms with Gasteiger partial charge in [0.25, 0.3) is 0 Å². The number of carbonyl (C=O) groups excluding carboxylic acids is 1. The van der Waals surface area contributed by atoms with Crippen molar-refractivity contribution in [2.24, 2.45) is 0 Å². The summed E-state index contributed by atoms with van der Waals surface area (Å²) in [6.45, 7) is 2.23. The number of ether oxygens (including phenoxy) is 1. The quantitative estimate of drug-likeness (QED) is 0.345. The van der Waals surface area contributed by atoms with Gasteiger partial charge in [-0.05, 0) is 18.6 Å². The van der Waals surface area contributed by atoms with Crippen LogP contribution in [0, 0.1) is 0 Å². The minimum Gasteiger partial charge on any atom is -0.508 e. The summed E-state index contributed by atoms with van der Waals surface area (Å²) in [5.74, 6) is 0.308. The van der Waals surface area contributed by atoms with Crippen LogP contribution in [-0.2, 0) is 4.79 Å². The van der Waals surface area contributed by atoms with Crippen molar-refractivity contribution in [1.82, 2.24) is 0 Å². The van der Waals surface area contributed by atoms with Crippen LogP contribution >= 0.6 is 0 Å². The number of unbranched alkanes of at least 4 members (excludes halogenated alkanes) is 8. The molecule has 0 aromatic heterocycles. The maximum Gasteiger partial charge on any atom is 0.311 e. The summed E-state index contributed by atoms with van der Waals surface area (Å²) in [4.78, 5) is 11.6. The number of aromatic hydroxyl groups is 1. The molecule has 0 aliphatic carbocycles. The zero-order valence-electron chi connectivity index (χ0n) is 13.1. The lowest BCUT2D eigenvalue weighted by molar-refractivity contribution is -0.134.